The zero-order chi connectivity index (χ0) is 14.3. The van der Waals surface area contributed by atoms with Gasteiger partial charge < -0.3 is 0 Å². The van der Waals surface area contributed by atoms with Gasteiger partial charge in [-0.1, -0.05) is 11.6 Å². The Bertz CT molecular complexity index is 782. The first-order valence-corrected chi connectivity index (χ1v) is 5.86. The molecule has 0 aliphatic heterocycles. The zero-order valence-electron chi connectivity index (χ0n) is 9.76. The number of fused-ring (bicyclic) bond motifs is 1. The summed E-state index contributed by atoms with van der Waals surface area (Å²) in [7, 11) is 0. The van der Waals surface area contributed by atoms with Gasteiger partial charge in [0.1, 0.15) is 6.33 Å². The van der Waals surface area contributed by atoms with E-state index in [9.17, 15) is 13.2 Å². The third-order valence-electron chi connectivity index (χ3n) is 2.68. The van der Waals surface area contributed by atoms with Crippen molar-refractivity contribution in [1.82, 2.24) is 19.8 Å². The Morgan fingerprint density at radius 3 is 2.65 bits per heavy atom. The van der Waals surface area contributed by atoms with Crippen LogP contribution in [0.15, 0.2) is 36.7 Å². The molecule has 2 aromatic heterocycles. The van der Waals surface area contributed by atoms with Crippen molar-refractivity contribution in [3.63, 3.8) is 0 Å². The second kappa shape index (κ2) is 4.45. The van der Waals surface area contributed by atoms with Gasteiger partial charge in [0.15, 0.2) is 5.65 Å². The van der Waals surface area contributed by atoms with Crippen LogP contribution >= 0.6 is 11.6 Å². The highest BCUT2D eigenvalue weighted by atomic mass is 35.5. The summed E-state index contributed by atoms with van der Waals surface area (Å²) in [5.41, 5.74) is 0.322. The van der Waals surface area contributed by atoms with Crippen LogP contribution in [0.2, 0.25) is 5.02 Å². The minimum Gasteiger partial charge on any atom is -0.200 e. The van der Waals surface area contributed by atoms with Crippen LogP contribution in [-0.2, 0) is 6.18 Å². The fourth-order valence-corrected chi connectivity index (χ4v) is 2.02. The summed E-state index contributed by atoms with van der Waals surface area (Å²) in [4.78, 5) is 0. The molecule has 0 fully saturated rings. The fraction of sp³-hybridized carbons (Fsp3) is 0.0833. The Kier molecular flexibility index (Phi) is 2.86. The molecule has 0 bridgehead atoms. The molecule has 0 radical (unpaired) electrons. The highest BCUT2D eigenvalue weighted by Gasteiger charge is 2.31. The zero-order valence-corrected chi connectivity index (χ0v) is 10.5. The average Bonchev–Trinajstić information content (AvgIpc) is 2.84. The molecule has 0 aliphatic carbocycles. The lowest BCUT2D eigenvalue weighted by molar-refractivity contribution is -0.137. The van der Waals surface area contributed by atoms with Gasteiger partial charge in [-0.15, -0.1) is 10.2 Å². The van der Waals surface area contributed by atoms with Gasteiger partial charge in [-0.2, -0.15) is 22.8 Å². The van der Waals surface area contributed by atoms with Crippen molar-refractivity contribution in [2.45, 2.75) is 6.18 Å². The quantitative estimate of drug-likeness (QED) is 0.691. The van der Waals surface area contributed by atoms with Gasteiger partial charge in [-0.05, 0) is 30.3 Å². The van der Waals surface area contributed by atoms with E-state index in [1.807, 2.05) is 0 Å². The van der Waals surface area contributed by atoms with E-state index < -0.39 is 11.7 Å². The molecule has 0 spiro atoms. The lowest BCUT2D eigenvalue weighted by Gasteiger charge is -2.09. The first kappa shape index (κ1) is 12.9. The largest absolute Gasteiger partial charge is 0.416 e. The van der Waals surface area contributed by atoms with Gasteiger partial charge in [0.25, 0.3) is 0 Å². The number of halogens is 4. The summed E-state index contributed by atoms with van der Waals surface area (Å²) in [6, 6.07) is 6.49. The highest BCUT2D eigenvalue weighted by molar-refractivity contribution is 6.31. The van der Waals surface area contributed by atoms with E-state index in [0.29, 0.717) is 11.3 Å². The van der Waals surface area contributed by atoms with Gasteiger partial charge in [-0.3, -0.25) is 0 Å². The number of nitrogens with zero attached hydrogens (tertiary/aromatic N) is 4. The third kappa shape index (κ3) is 2.32. The predicted octanol–water partition coefficient (Wildman–Crippen LogP) is 3.46. The number of hydrogen-bond donors (Lipinski definition) is 0. The molecule has 8 heteroatoms. The Hall–Kier alpha value is -2.15. The van der Waals surface area contributed by atoms with E-state index in [4.69, 9.17) is 11.6 Å². The van der Waals surface area contributed by atoms with Crippen molar-refractivity contribution in [1.29, 1.82) is 0 Å². The third-order valence-corrected chi connectivity index (χ3v) is 2.90. The van der Waals surface area contributed by atoms with Gasteiger partial charge in [0.05, 0.1) is 11.3 Å². The Balaban J connectivity index is 2.15. The lowest BCUT2D eigenvalue weighted by atomic mass is 10.1. The maximum absolute atomic E-state index is 12.8. The van der Waals surface area contributed by atoms with E-state index in [1.165, 1.54) is 16.9 Å². The predicted molar refractivity (Wildman–Crippen MR) is 66.2 cm³/mol. The van der Waals surface area contributed by atoms with Crippen molar-refractivity contribution in [3.8, 4) is 11.3 Å². The lowest BCUT2D eigenvalue weighted by Crippen LogP contribution is -2.05. The molecule has 2 heterocycles. The average molecular weight is 299 g/mol. The molecule has 0 N–H and O–H groups in total. The standard InChI is InChI=1S/C12H6ClF3N4/c13-9-4-7(3-8(5-9)12(14,15)16)10-1-2-11-18-17-6-20(11)19-10/h1-6H. The fourth-order valence-electron chi connectivity index (χ4n) is 1.78. The van der Waals surface area contributed by atoms with Crippen LogP contribution in [0.3, 0.4) is 0 Å². The van der Waals surface area contributed by atoms with E-state index in [-0.39, 0.29) is 10.6 Å². The van der Waals surface area contributed by atoms with Crippen LogP contribution in [0.1, 0.15) is 5.56 Å². The maximum atomic E-state index is 12.8. The molecule has 0 saturated heterocycles. The van der Waals surface area contributed by atoms with Crippen molar-refractivity contribution in [2.75, 3.05) is 0 Å². The molecule has 3 rings (SSSR count). The molecule has 102 valence electrons. The monoisotopic (exact) mass is 298 g/mol. The molecule has 0 saturated carbocycles. The summed E-state index contributed by atoms with van der Waals surface area (Å²) < 4.78 is 39.7. The summed E-state index contributed by atoms with van der Waals surface area (Å²) in [6.45, 7) is 0. The molecule has 20 heavy (non-hydrogen) atoms. The molecule has 0 atom stereocenters. The maximum Gasteiger partial charge on any atom is 0.416 e. The number of alkyl halides is 3. The van der Waals surface area contributed by atoms with Crippen molar-refractivity contribution in [3.05, 3.63) is 47.2 Å². The number of rotatable bonds is 1. The molecule has 0 unspecified atom stereocenters. The van der Waals surface area contributed by atoms with Crippen molar-refractivity contribution >= 4 is 17.2 Å². The summed E-state index contributed by atoms with van der Waals surface area (Å²) in [5.74, 6) is 0. The second-order valence-corrected chi connectivity index (χ2v) is 4.52. The van der Waals surface area contributed by atoms with Crippen molar-refractivity contribution < 1.29 is 13.2 Å². The number of hydrogen-bond acceptors (Lipinski definition) is 3. The van der Waals surface area contributed by atoms with Gasteiger partial charge in [0.2, 0.25) is 0 Å². The first-order valence-electron chi connectivity index (χ1n) is 5.49. The topological polar surface area (TPSA) is 43.1 Å². The molecule has 4 nitrogen and oxygen atoms in total. The Labute approximate surface area is 115 Å². The van der Waals surface area contributed by atoms with Gasteiger partial charge in [-0.25, -0.2) is 0 Å². The summed E-state index contributed by atoms with van der Waals surface area (Å²) in [5, 5.41) is 11.6. The van der Waals surface area contributed by atoms with E-state index in [0.717, 1.165) is 12.1 Å². The molecular weight excluding hydrogens is 293 g/mol. The molecule has 3 aromatic rings. The normalized spacial score (nSPS) is 12.0. The molecule has 1 aromatic carbocycles. The van der Waals surface area contributed by atoms with Crippen LogP contribution < -0.4 is 0 Å². The van der Waals surface area contributed by atoms with Crippen molar-refractivity contribution in [2.24, 2.45) is 0 Å². The van der Waals surface area contributed by atoms with Crippen LogP contribution in [-0.4, -0.2) is 19.8 Å². The highest BCUT2D eigenvalue weighted by Crippen LogP contribution is 2.34. The van der Waals surface area contributed by atoms with Crippen LogP contribution in [0.5, 0.6) is 0 Å². The van der Waals surface area contributed by atoms with Crippen LogP contribution in [0, 0.1) is 0 Å². The first-order chi connectivity index (χ1) is 9.43. The summed E-state index contributed by atoms with van der Waals surface area (Å²) >= 11 is 5.74. The van der Waals surface area contributed by atoms with E-state index in [2.05, 4.69) is 15.3 Å². The van der Waals surface area contributed by atoms with Crippen LogP contribution in [0.4, 0.5) is 13.2 Å². The second-order valence-electron chi connectivity index (χ2n) is 4.08. The SMILES string of the molecule is FC(F)(F)c1cc(Cl)cc(-c2ccc3nncn3n2)c1. The smallest absolute Gasteiger partial charge is 0.200 e. The minimum absolute atomic E-state index is 0.000443. The van der Waals surface area contributed by atoms with E-state index in [1.54, 1.807) is 12.1 Å². The van der Waals surface area contributed by atoms with Gasteiger partial charge >= 0.3 is 6.18 Å². The number of aromatic nitrogens is 4. The minimum atomic E-state index is -4.46. The van der Waals surface area contributed by atoms with E-state index >= 15 is 0 Å². The summed E-state index contributed by atoms with van der Waals surface area (Å²) in [6.07, 6.45) is -3.09. The van der Waals surface area contributed by atoms with Gasteiger partial charge in [0, 0.05) is 10.6 Å². The molecular formula is C12H6ClF3N4. The molecule has 0 aliphatic rings. The Morgan fingerprint density at radius 2 is 1.90 bits per heavy atom. The van der Waals surface area contributed by atoms with Crippen LogP contribution in [0.25, 0.3) is 16.9 Å². The Morgan fingerprint density at radius 1 is 1.10 bits per heavy atom. The molecule has 0 amide bonds. The number of benzene rings is 1.